The number of hydrogen-bond donors (Lipinski definition) is 6. The molecule has 0 aromatic rings. The molecule has 0 spiro atoms. The van der Waals surface area contributed by atoms with Crippen molar-refractivity contribution < 1.29 is 29.4 Å². The van der Waals surface area contributed by atoms with Crippen LogP contribution in [-0.4, -0.2) is 70.9 Å². The zero-order valence-corrected chi connectivity index (χ0v) is 37.6. The van der Waals surface area contributed by atoms with E-state index >= 15 is 0 Å². The molecule has 330 valence electrons. The van der Waals surface area contributed by atoms with E-state index in [4.69, 9.17) is 0 Å². The molecular formula is C44H86N4O6S2. The lowest BCUT2D eigenvalue weighted by molar-refractivity contribution is -0.139. The average molecular weight is 831 g/mol. The molecule has 6 N–H and O–H groups in total. The number of rotatable bonds is 43. The first-order valence-electron chi connectivity index (χ1n) is 23.1. The van der Waals surface area contributed by atoms with Gasteiger partial charge in [-0.3, -0.25) is 0 Å². The van der Waals surface area contributed by atoms with Crippen molar-refractivity contribution in [2.24, 2.45) is 0 Å². The molecule has 0 aliphatic heterocycles. The Balaban J connectivity index is 3.83. The summed E-state index contributed by atoms with van der Waals surface area (Å²) in [4.78, 5) is 48.0. The zero-order valence-electron chi connectivity index (χ0n) is 36.0. The van der Waals surface area contributed by atoms with Crippen LogP contribution in [-0.2, 0) is 9.59 Å². The van der Waals surface area contributed by atoms with Gasteiger partial charge >= 0.3 is 24.0 Å². The van der Waals surface area contributed by atoms with E-state index in [-0.39, 0.29) is 11.5 Å². The molecule has 10 nitrogen and oxygen atoms in total. The minimum atomic E-state index is -1.16. The van der Waals surface area contributed by atoms with E-state index in [0.29, 0.717) is 13.1 Å². The Bertz CT molecular complexity index is 860. The summed E-state index contributed by atoms with van der Waals surface area (Å²) in [6.45, 7) is 5.51. The molecule has 0 heterocycles. The normalized spacial score (nSPS) is 12.2. The molecule has 0 aliphatic rings. The van der Waals surface area contributed by atoms with Crippen LogP contribution in [0.4, 0.5) is 9.59 Å². The van der Waals surface area contributed by atoms with E-state index in [1.807, 2.05) is 0 Å². The Kier molecular flexibility index (Phi) is 41.4. The van der Waals surface area contributed by atoms with E-state index in [0.717, 1.165) is 60.1 Å². The molecular weight excluding hydrogens is 745 g/mol. The van der Waals surface area contributed by atoms with Crippen molar-refractivity contribution in [1.82, 2.24) is 21.3 Å². The molecule has 0 aromatic heterocycles. The van der Waals surface area contributed by atoms with Gasteiger partial charge in [0.25, 0.3) is 0 Å². The van der Waals surface area contributed by atoms with Crippen LogP contribution in [0.15, 0.2) is 0 Å². The predicted octanol–water partition coefficient (Wildman–Crippen LogP) is 12.4. The molecule has 2 atom stereocenters. The number of urea groups is 2. The summed E-state index contributed by atoms with van der Waals surface area (Å²) in [5.41, 5.74) is 0. The fourth-order valence-corrected chi connectivity index (χ4v) is 9.06. The fraction of sp³-hybridized carbons (Fsp3) is 0.909. The molecule has 4 amide bonds. The lowest BCUT2D eigenvalue weighted by atomic mass is 10.0. The second-order valence-corrected chi connectivity index (χ2v) is 18.3. The number of carbonyl (C=O) groups is 4. The number of carbonyl (C=O) groups excluding carboxylic acids is 2. The van der Waals surface area contributed by atoms with Crippen LogP contribution in [0, 0.1) is 0 Å². The van der Waals surface area contributed by atoms with Crippen LogP contribution in [0.1, 0.15) is 219 Å². The first-order valence-corrected chi connectivity index (χ1v) is 25.6. The van der Waals surface area contributed by atoms with E-state index in [2.05, 4.69) is 35.1 Å². The number of carboxylic acids is 2. The zero-order chi connectivity index (χ0) is 41.2. The van der Waals surface area contributed by atoms with Gasteiger partial charge in [-0.25, -0.2) is 19.2 Å². The van der Waals surface area contributed by atoms with Crippen molar-refractivity contribution in [3.8, 4) is 0 Å². The molecule has 0 saturated carbocycles. The van der Waals surface area contributed by atoms with Crippen LogP contribution in [0.2, 0.25) is 0 Å². The maximum atomic E-state index is 12.3. The van der Waals surface area contributed by atoms with Crippen LogP contribution in [0.5, 0.6) is 0 Å². The van der Waals surface area contributed by atoms with Gasteiger partial charge in [0.2, 0.25) is 0 Å². The smallest absolute Gasteiger partial charge is 0.327 e. The van der Waals surface area contributed by atoms with Gasteiger partial charge < -0.3 is 31.5 Å². The van der Waals surface area contributed by atoms with E-state index in [1.165, 1.54) is 167 Å². The van der Waals surface area contributed by atoms with Crippen molar-refractivity contribution in [3.05, 3.63) is 0 Å². The number of amides is 4. The minimum Gasteiger partial charge on any atom is -0.480 e. The van der Waals surface area contributed by atoms with Gasteiger partial charge in [0.05, 0.1) is 0 Å². The van der Waals surface area contributed by atoms with Gasteiger partial charge in [0.15, 0.2) is 0 Å². The summed E-state index contributed by atoms with van der Waals surface area (Å²) in [5.74, 6) is -2.19. The van der Waals surface area contributed by atoms with Gasteiger partial charge in [0.1, 0.15) is 12.1 Å². The van der Waals surface area contributed by atoms with Gasteiger partial charge in [-0.15, -0.1) is 0 Å². The van der Waals surface area contributed by atoms with Gasteiger partial charge in [-0.05, 0) is 12.8 Å². The highest BCUT2D eigenvalue weighted by Gasteiger charge is 2.23. The molecule has 0 rings (SSSR count). The van der Waals surface area contributed by atoms with Crippen LogP contribution in [0.25, 0.3) is 0 Å². The van der Waals surface area contributed by atoms with E-state index < -0.39 is 36.1 Å². The highest BCUT2D eigenvalue weighted by atomic mass is 33.1. The molecule has 0 radical (unpaired) electrons. The Labute approximate surface area is 351 Å². The average Bonchev–Trinajstić information content (AvgIpc) is 3.17. The lowest BCUT2D eigenvalue weighted by Gasteiger charge is -2.16. The summed E-state index contributed by atoms with van der Waals surface area (Å²) in [7, 11) is 2.31. The second kappa shape index (κ2) is 42.8. The van der Waals surface area contributed by atoms with E-state index in [9.17, 15) is 29.4 Å². The maximum Gasteiger partial charge on any atom is 0.327 e. The third kappa shape index (κ3) is 39.0. The summed E-state index contributed by atoms with van der Waals surface area (Å²) in [6, 6.07) is -3.26. The van der Waals surface area contributed by atoms with Crippen LogP contribution in [0.3, 0.4) is 0 Å². The molecule has 0 fully saturated rings. The standard InChI is InChI=1S/C44H86N4O6S2/c1-3-5-7-9-11-13-15-17-19-21-23-25-27-29-31-33-35-45-43(53)47-39(41(49)50)37-55-56-38-40(42(51)52)48-44(54)46-36-34-32-30-28-26-24-22-20-18-16-14-12-10-8-6-4-2/h39-40H,3-38H2,1-2H3,(H,49,50)(H,51,52)(H2,45,47,53)(H2,46,48,54). The summed E-state index contributed by atoms with van der Waals surface area (Å²) >= 11 is 0. The Hall–Kier alpha value is -1.82. The number of nitrogens with one attached hydrogen (secondary N) is 4. The molecule has 12 heteroatoms. The van der Waals surface area contributed by atoms with Crippen molar-refractivity contribution in [2.75, 3.05) is 24.6 Å². The monoisotopic (exact) mass is 831 g/mol. The lowest BCUT2D eigenvalue weighted by Crippen LogP contribution is -2.48. The quantitative estimate of drug-likeness (QED) is 0.0262. The van der Waals surface area contributed by atoms with Gasteiger partial charge in [-0.1, -0.05) is 228 Å². The third-order valence-electron chi connectivity index (χ3n) is 10.4. The summed E-state index contributed by atoms with van der Waals surface area (Å²) in [6.07, 6.45) is 41.0. The highest BCUT2D eigenvalue weighted by molar-refractivity contribution is 8.76. The third-order valence-corrected chi connectivity index (χ3v) is 12.8. The van der Waals surface area contributed by atoms with Crippen molar-refractivity contribution in [3.63, 3.8) is 0 Å². The highest BCUT2D eigenvalue weighted by Crippen LogP contribution is 2.23. The number of carboxylic acid groups (broad SMARTS) is 2. The molecule has 0 bridgehead atoms. The molecule has 56 heavy (non-hydrogen) atoms. The number of hydrogen-bond acceptors (Lipinski definition) is 6. The van der Waals surface area contributed by atoms with Crippen molar-refractivity contribution >= 4 is 45.6 Å². The Morgan fingerprint density at radius 2 is 0.589 bits per heavy atom. The largest absolute Gasteiger partial charge is 0.480 e. The second-order valence-electron chi connectivity index (χ2n) is 15.8. The molecule has 0 aromatic carbocycles. The summed E-state index contributed by atoms with van der Waals surface area (Å²) < 4.78 is 0. The summed E-state index contributed by atoms with van der Waals surface area (Å²) in [5, 5.41) is 29.7. The maximum absolute atomic E-state index is 12.3. The van der Waals surface area contributed by atoms with Gasteiger partial charge in [0, 0.05) is 24.6 Å². The molecule has 0 saturated heterocycles. The predicted molar refractivity (Wildman–Crippen MR) is 240 cm³/mol. The minimum absolute atomic E-state index is 0.0598. The first kappa shape index (κ1) is 54.2. The number of aliphatic carboxylic acids is 2. The fourth-order valence-electron chi connectivity index (χ4n) is 6.75. The SMILES string of the molecule is CCCCCCCCCCCCCCCCCCNC(=O)NC(CSSCC(NC(=O)NCCCCCCCCCCCCCCCCCC)C(=O)O)C(=O)O. The van der Waals surface area contributed by atoms with Gasteiger partial charge in [-0.2, -0.15) is 0 Å². The van der Waals surface area contributed by atoms with Crippen molar-refractivity contribution in [2.45, 2.75) is 231 Å². The topological polar surface area (TPSA) is 157 Å². The molecule has 2 unspecified atom stereocenters. The molecule has 0 aliphatic carbocycles. The van der Waals surface area contributed by atoms with Crippen LogP contribution < -0.4 is 21.3 Å². The Morgan fingerprint density at radius 3 is 0.804 bits per heavy atom. The number of unbranched alkanes of at least 4 members (excludes halogenated alkanes) is 30. The van der Waals surface area contributed by atoms with Crippen molar-refractivity contribution in [1.29, 1.82) is 0 Å². The first-order chi connectivity index (χ1) is 27.3. The van der Waals surface area contributed by atoms with E-state index in [1.54, 1.807) is 0 Å². The van der Waals surface area contributed by atoms with Crippen LogP contribution >= 0.6 is 21.6 Å². The Morgan fingerprint density at radius 1 is 0.375 bits per heavy atom.